The molecule has 0 spiro atoms. The van der Waals surface area contributed by atoms with Crippen molar-refractivity contribution in [2.45, 2.75) is 59.8 Å². The number of aryl methyl sites for hydroxylation is 3. The van der Waals surface area contributed by atoms with Gasteiger partial charge in [-0.15, -0.1) is 0 Å². The van der Waals surface area contributed by atoms with Crippen molar-refractivity contribution in [1.82, 2.24) is 14.9 Å². The molecule has 0 aromatic carbocycles. The molecular formula is C22H31N3O5. The van der Waals surface area contributed by atoms with E-state index >= 15 is 0 Å². The van der Waals surface area contributed by atoms with Gasteiger partial charge >= 0.3 is 12.1 Å². The number of esters is 1. The van der Waals surface area contributed by atoms with E-state index in [1.165, 1.54) is 7.11 Å². The average molecular weight is 418 g/mol. The molecule has 1 atom stereocenters. The second-order valence-electron chi connectivity index (χ2n) is 8.18. The van der Waals surface area contributed by atoms with E-state index < -0.39 is 23.7 Å². The molecule has 164 valence electrons. The van der Waals surface area contributed by atoms with Gasteiger partial charge in [0.05, 0.1) is 26.0 Å². The number of nitrogens with zero attached hydrogens (tertiary/aromatic N) is 2. The first-order valence-corrected chi connectivity index (χ1v) is 9.78. The number of carbonyl (C=O) groups excluding carboxylic acids is 2. The maximum Gasteiger partial charge on any atom is 0.408 e. The number of aromatic nitrogens is 2. The standard InChI is InChI=1S/C22H31N3O5/c1-14-10-17(23-19(11-14)25-15(2)8-9-16(25)3)12-29-13-18(20(26)28-7)24-21(27)30-22(4,5)6/h8-11,18H,12-13H2,1-7H3,(H,24,27)/t18-/m1/s1. The fourth-order valence-electron chi connectivity index (χ4n) is 2.98. The highest BCUT2D eigenvalue weighted by molar-refractivity contribution is 5.81. The fraction of sp³-hybridized carbons (Fsp3) is 0.500. The van der Waals surface area contributed by atoms with Crippen LogP contribution in [0.4, 0.5) is 4.79 Å². The zero-order valence-corrected chi connectivity index (χ0v) is 18.7. The van der Waals surface area contributed by atoms with Crippen LogP contribution in [0, 0.1) is 20.8 Å². The summed E-state index contributed by atoms with van der Waals surface area (Å²) in [6.45, 7) is 11.4. The van der Waals surface area contributed by atoms with Crippen molar-refractivity contribution in [3.8, 4) is 5.82 Å². The lowest BCUT2D eigenvalue weighted by Gasteiger charge is -2.22. The van der Waals surface area contributed by atoms with Gasteiger partial charge in [-0.1, -0.05) is 0 Å². The molecule has 30 heavy (non-hydrogen) atoms. The van der Waals surface area contributed by atoms with Crippen LogP contribution in [0.15, 0.2) is 24.3 Å². The minimum Gasteiger partial charge on any atom is -0.467 e. The summed E-state index contributed by atoms with van der Waals surface area (Å²) >= 11 is 0. The number of carbonyl (C=O) groups is 2. The van der Waals surface area contributed by atoms with Crippen molar-refractivity contribution in [2.24, 2.45) is 0 Å². The molecule has 0 unspecified atom stereocenters. The summed E-state index contributed by atoms with van der Waals surface area (Å²) < 4.78 is 17.7. The monoisotopic (exact) mass is 417 g/mol. The number of methoxy groups -OCH3 is 1. The molecule has 2 heterocycles. The summed E-state index contributed by atoms with van der Waals surface area (Å²) in [6, 6.07) is 7.03. The van der Waals surface area contributed by atoms with Gasteiger partial charge in [0, 0.05) is 11.4 Å². The van der Waals surface area contributed by atoms with Crippen LogP contribution in [0.5, 0.6) is 0 Å². The summed E-state index contributed by atoms with van der Waals surface area (Å²) in [7, 11) is 1.25. The molecule has 1 amide bonds. The Balaban J connectivity index is 2.06. The highest BCUT2D eigenvalue weighted by atomic mass is 16.6. The molecule has 8 nitrogen and oxygen atoms in total. The van der Waals surface area contributed by atoms with Crippen molar-refractivity contribution >= 4 is 12.1 Å². The molecular weight excluding hydrogens is 386 g/mol. The lowest BCUT2D eigenvalue weighted by molar-refractivity contribution is -0.145. The highest BCUT2D eigenvalue weighted by Crippen LogP contribution is 2.17. The Morgan fingerprint density at radius 2 is 1.77 bits per heavy atom. The number of hydrogen-bond donors (Lipinski definition) is 1. The molecule has 0 aliphatic carbocycles. The van der Waals surface area contributed by atoms with Gasteiger partial charge in [0.1, 0.15) is 11.4 Å². The van der Waals surface area contributed by atoms with Crippen LogP contribution < -0.4 is 5.32 Å². The SMILES string of the molecule is COC(=O)[C@@H](COCc1cc(C)cc(-n2c(C)ccc2C)n1)NC(=O)OC(C)(C)C. The molecule has 8 heteroatoms. The van der Waals surface area contributed by atoms with E-state index in [9.17, 15) is 9.59 Å². The van der Waals surface area contributed by atoms with Gasteiger partial charge < -0.3 is 24.1 Å². The van der Waals surface area contributed by atoms with Crippen LogP contribution in [-0.4, -0.2) is 47.0 Å². The number of nitrogens with one attached hydrogen (secondary N) is 1. The molecule has 2 rings (SSSR count). The van der Waals surface area contributed by atoms with Gasteiger partial charge in [0.25, 0.3) is 0 Å². The molecule has 2 aromatic rings. The molecule has 0 aliphatic rings. The van der Waals surface area contributed by atoms with Crippen molar-refractivity contribution in [1.29, 1.82) is 0 Å². The number of pyridine rings is 1. The number of alkyl carbamates (subject to hydrolysis) is 1. The van der Waals surface area contributed by atoms with Gasteiger partial charge in [0.2, 0.25) is 0 Å². The zero-order chi connectivity index (χ0) is 22.5. The lowest BCUT2D eigenvalue weighted by atomic mass is 10.2. The van der Waals surface area contributed by atoms with Gasteiger partial charge in [-0.25, -0.2) is 14.6 Å². The third-order valence-corrected chi connectivity index (χ3v) is 4.22. The minimum atomic E-state index is -0.983. The summed E-state index contributed by atoms with van der Waals surface area (Å²) in [5.41, 5.74) is 3.26. The maximum atomic E-state index is 12.0. The summed E-state index contributed by atoms with van der Waals surface area (Å²) in [5, 5.41) is 2.49. The first-order chi connectivity index (χ1) is 14.0. The summed E-state index contributed by atoms with van der Waals surface area (Å²) in [5.74, 6) is 0.197. The van der Waals surface area contributed by atoms with E-state index in [0.29, 0.717) is 0 Å². The van der Waals surface area contributed by atoms with E-state index in [0.717, 1.165) is 28.5 Å². The van der Waals surface area contributed by atoms with E-state index in [4.69, 9.17) is 14.2 Å². The molecule has 0 radical (unpaired) electrons. The van der Waals surface area contributed by atoms with Crippen molar-refractivity contribution in [2.75, 3.05) is 13.7 Å². The number of amides is 1. The molecule has 0 fully saturated rings. The number of hydrogen-bond acceptors (Lipinski definition) is 6. The first-order valence-electron chi connectivity index (χ1n) is 9.78. The predicted octanol–water partition coefficient (Wildman–Crippen LogP) is 3.38. The Morgan fingerprint density at radius 1 is 1.13 bits per heavy atom. The number of rotatable bonds is 7. The van der Waals surface area contributed by atoms with Crippen LogP contribution >= 0.6 is 0 Å². The largest absolute Gasteiger partial charge is 0.467 e. The van der Waals surface area contributed by atoms with Crippen molar-refractivity contribution in [3.05, 3.63) is 46.9 Å². The van der Waals surface area contributed by atoms with Crippen LogP contribution in [0.3, 0.4) is 0 Å². The van der Waals surface area contributed by atoms with Gasteiger partial charge in [-0.3, -0.25) is 0 Å². The number of ether oxygens (including phenoxy) is 3. The minimum absolute atomic E-state index is 0.0710. The van der Waals surface area contributed by atoms with Crippen LogP contribution in [-0.2, 0) is 25.6 Å². The van der Waals surface area contributed by atoms with Gasteiger partial charge in [-0.2, -0.15) is 0 Å². The third kappa shape index (κ3) is 6.59. The van der Waals surface area contributed by atoms with Crippen molar-refractivity contribution in [3.63, 3.8) is 0 Å². The Kier molecular flexibility index (Phi) is 7.61. The van der Waals surface area contributed by atoms with Gasteiger partial charge in [0.15, 0.2) is 6.04 Å². The van der Waals surface area contributed by atoms with Crippen LogP contribution in [0.2, 0.25) is 0 Å². The second kappa shape index (κ2) is 9.75. The van der Waals surface area contributed by atoms with Crippen LogP contribution in [0.1, 0.15) is 43.4 Å². The summed E-state index contributed by atoms with van der Waals surface area (Å²) in [4.78, 5) is 28.7. The normalized spacial score (nSPS) is 12.4. The highest BCUT2D eigenvalue weighted by Gasteiger charge is 2.25. The Morgan fingerprint density at radius 3 is 2.33 bits per heavy atom. The van der Waals surface area contributed by atoms with Crippen molar-refractivity contribution < 1.29 is 23.8 Å². The fourth-order valence-corrected chi connectivity index (χ4v) is 2.98. The summed E-state index contributed by atoms with van der Waals surface area (Å²) in [6.07, 6.45) is -0.712. The Bertz CT molecular complexity index is 879. The Labute approximate surface area is 177 Å². The molecule has 0 saturated heterocycles. The quantitative estimate of drug-likeness (QED) is 0.695. The molecule has 1 N–H and O–H groups in total. The topological polar surface area (TPSA) is 91.7 Å². The predicted molar refractivity (Wildman–Crippen MR) is 113 cm³/mol. The lowest BCUT2D eigenvalue weighted by Crippen LogP contribution is -2.46. The second-order valence-corrected chi connectivity index (χ2v) is 8.18. The molecule has 0 bridgehead atoms. The Hall–Kier alpha value is -2.87. The smallest absolute Gasteiger partial charge is 0.408 e. The molecule has 0 saturated carbocycles. The molecule has 2 aromatic heterocycles. The first kappa shape index (κ1) is 23.4. The van der Waals surface area contributed by atoms with Crippen LogP contribution in [0.25, 0.3) is 5.82 Å². The van der Waals surface area contributed by atoms with E-state index in [-0.39, 0.29) is 13.2 Å². The third-order valence-electron chi connectivity index (χ3n) is 4.22. The van der Waals surface area contributed by atoms with Gasteiger partial charge in [-0.05, 0) is 71.4 Å². The van der Waals surface area contributed by atoms with E-state index in [1.807, 2.05) is 45.0 Å². The average Bonchev–Trinajstić information content (AvgIpc) is 2.96. The maximum absolute atomic E-state index is 12.0. The van der Waals surface area contributed by atoms with E-state index in [2.05, 4.69) is 14.9 Å². The zero-order valence-electron chi connectivity index (χ0n) is 18.7. The molecule has 0 aliphatic heterocycles. The van der Waals surface area contributed by atoms with E-state index in [1.54, 1.807) is 20.8 Å².